The summed E-state index contributed by atoms with van der Waals surface area (Å²) in [6.45, 7) is 1.82. The molecule has 1 atom stereocenters. The summed E-state index contributed by atoms with van der Waals surface area (Å²) in [5.41, 5.74) is 2.73. The molecule has 0 saturated heterocycles. The van der Waals surface area contributed by atoms with Crippen LogP contribution >= 0.6 is 12.2 Å². The van der Waals surface area contributed by atoms with Gasteiger partial charge in [0.15, 0.2) is 5.92 Å². The lowest BCUT2D eigenvalue weighted by molar-refractivity contribution is -0.120. The Morgan fingerprint density at radius 3 is 2.75 bits per heavy atom. The van der Waals surface area contributed by atoms with E-state index in [-0.39, 0.29) is 0 Å². The molecule has 98 valence electrons. The fraction of sp³-hybridized carbons (Fsp3) is 0.143. The quantitative estimate of drug-likeness (QED) is 0.806. The molecular formula is C14H10N4OS. The molecule has 3 rings (SSSR count). The first kappa shape index (κ1) is 12.5. The normalized spacial score (nSPS) is 17.3. The molecule has 20 heavy (non-hydrogen) atoms. The van der Waals surface area contributed by atoms with Gasteiger partial charge in [-0.1, -0.05) is 30.4 Å². The van der Waals surface area contributed by atoms with Crippen LogP contribution in [0.2, 0.25) is 0 Å². The number of carbonyl (C=O) groups is 1. The smallest absolute Gasteiger partial charge is 0.248 e. The second-order valence-corrected chi connectivity index (χ2v) is 4.88. The van der Waals surface area contributed by atoms with Crippen molar-refractivity contribution in [2.75, 3.05) is 0 Å². The number of rotatable bonds is 1. The number of nitrogens with zero attached hydrogens (tertiary/aromatic N) is 3. The van der Waals surface area contributed by atoms with Gasteiger partial charge in [0.1, 0.15) is 4.99 Å². The van der Waals surface area contributed by atoms with E-state index in [0.717, 1.165) is 5.69 Å². The van der Waals surface area contributed by atoms with Crippen LogP contribution in [0, 0.1) is 18.3 Å². The fourth-order valence-corrected chi connectivity index (χ4v) is 2.70. The highest BCUT2D eigenvalue weighted by Crippen LogP contribution is 2.29. The number of fused-ring (bicyclic) bond motifs is 1. The first-order chi connectivity index (χ1) is 9.63. The number of nitriles is 1. The molecule has 2 aromatic rings. The standard InChI is InChI=1S/C14H10N4OS/c1-8-11-12(10(7-15)13(19)16-14(11)20)18(17-8)9-5-3-2-4-6-9/h2-6,10H,1H3,(H,16,19,20). The highest BCUT2D eigenvalue weighted by molar-refractivity contribution is 7.80. The monoisotopic (exact) mass is 282 g/mol. The molecule has 1 aliphatic rings. The van der Waals surface area contributed by atoms with E-state index < -0.39 is 11.8 Å². The minimum Gasteiger partial charge on any atom is -0.315 e. The number of carbonyl (C=O) groups excluding carboxylic acids is 1. The number of para-hydroxylation sites is 1. The molecule has 1 aliphatic heterocycles. The van der Waals surface area contributed by atoms with E-state index in [9.17, 15) is 10.1 Å². The van der Waals surface area contributed by atoms with Crippen molar-refractivity contribution in [3.8, 4) is 11.8 Å². The fourth-order valence-electron chi connectivity index (χ4n) is 2.35. The average Bonchev–Trinajstić information content (AvgIpc) is 2.78. The van der Waals surface area contributed by atoms with E-state index >= 15 is 0 Å². The van der Waals surface area contributed by atoms with Crippen molar-refractivity contribution in [2.24, 2.45) is 0 Å². The van der Waals surface area contributed by atoms with Crippen LogP contribution in [0.3, 0.4) is 0 Å². The molecule has 1 amide bonds. The highest BCUT2D eigenvalue weighted by atomic mass is 32.1. The van der Waals surface area contributed by atoms with Gasteiger partial charge in [-0.05, 0) is 19.1 Å². The molecule has 0 spiro atoms. The van der Waals surface area contributed by atoms with Crippen LogP contribution in [0.15, 0.2) is 30.3 Å². The second kappa shape index (κ2) is 4.54. The lowest BCUT2D eigenvalue weighted by atomic mass is 9.96. The maximum Gasteiger partial charge on any atom is 0.248 e. The summed E-state index contributed by atoms with van der Waals surface area (Å²) >= 11 is 5.19. The van der Waals surface area contributed by atoms with Gasteiger partial charge in [0.25, 0.3) is 0 Å². The second-order valence-electron chi connectivity index (χ2n) is 4.47. The van der Waals surface area contributed by atoms with Gasteiger partial charge in [0.2, 0.25) is 5.91 Å². The minimum atomic E-state index is -0.905. The van der Waals surface area contributed by atoms with Crippen LogP contribution in [-0.4, -0.2) is 20.7 Å². The third-order valence-corrected chi connectivity index (χ3v) is 3.53. The summed E-state index contributed by atoms with van der Waals surface area (Å²) in [7, 11) is 0. The number of benzene rings is 1. The molecule has 1 aromatic carbocycles. The van der Waals surface area contributed by atoms with Gasteiger partial charge in [-0.2, -0.15) is 10.4 Å². The Morgan fingerprint density at radius 1 is 1.40 bits per heavy atom. The minimum absolute atomic E-state index is 0.330. The molecule has 0 fully saturated rings. The van der Waals surface area contributed by atoms with Crippen molar-refractivity contribution in [2.45, 2.75) is 12.8 Å². The van der Waals surface area contributed by atoms with Crippen LogP contribution in [-0.2, 0) is 4.79 Å². The zero-order valence-electron chi connectivity index (χ0n) is 10.6. The van der Waals surface area contributed by atoms with Crippen molar-refractivity contribution in [3.63, 3.8) is 0 Å². The van der Waals surface area contributed by atoms with Gasteiger partial charge in [-0.3, -0.25) is 4.79 Å². The lowest BCUT2D eigenvalue weighted by Gasteiger charge is -2.20. The summed E-state index contributed by atoms with van der Waals surface area (Å²) in [4.78, 5) is 12.3. The number of thiocarbonyl (C=S) groups is 1. The number of amides is 1. The zero-order chi connectivity index (χ0) is 14.3. The Labute approximate surface area is 120 Å². The molecule has 0 radical (unpaired) electrons. The topological polar surface area (TPSA) is 70.7 Å². The predicted octanol–water partition coefficient (Wildman–Crippen LogP) is 1.59. The summed E-state index contributed by atoms with van der Waals surface area (Å²) in [6, 6.07) is 11.4. The largest absolute Gasteiger partial charge is 0.315 e. The third kappa shape index (κ3) is 1.72. The average molecular weight is 282 g/mol. The molecule has 1 unspecified atom stereocenters. The summed E-state index contributed by atoms with van der Waals surface area (Å²) in [5.74, 6) is -1.31. The number of aryl methyl sites for hydroxylation is 1. The van der Waals surface area contributed by atoms with Crippen molar-refractivity contribution in [1.82, 2.24) is 15.1 Å². The third-order valence-electron chi connectivity index (χ3n) is 3.23. The van der Waals surface area contributed by atoms with E-state index in [1.165, 1.54) is 0 Å². The van der Waals surface area contributed by atoms with Gasteiger partial charge in [0.05, 0.1) is 28.7 Å². The molecule has 0 bridgehead atoms. The number of hydrogen-bond donors (Lipinski definition) is 1. The van der Waals surface area contributed by atoms with Crippen LogP contribution < -0.4 is 5.32 Å². The van der Waals surface area contributed by atoms with Crippen molar-refractivity contribution in [1.29, 1.82) is 5.26 Å². The molecule has 5 nitrogen and oxygen atoms in total. The van der Waals surface area contributed by atoms with Crippen LogP contribution in [0.1, 0.15) is 22.9 Å². The molecule has 0 saturated carbocycles. The lowest BCUT2D eigenvalue weighted by Crippen LogP contribution is -2.40. The van der Waals surface area contributed by atoms with Gasteiger partial charge in [-0.25, -0.2) is 4.68 Å². The van der Waals surface area contributed by atoms with E-state index in [1.54, 1.807) is 4.68 Å². The van der Waals surface area contributed by atoms with Gasteiger partial charge in [0, 0.05) is 0 Å². The Balaban J connectivity index is 2.31. The van der Waals surface area contributed by atoms with E-state index in [0.29, 0.717) is 21.9 Å². The molecule has 2 heterocycles. The number of aromatic nitrogens is 2. The summed E-state index contributed by atoms with van der Waals surface area (Å²) in [6.07, 6.45) is 0. The summed E-state index contributed by atoms with van der Waals surface area (Å²) < 4.78 is 1.63. The first-order valence-electron chi connectivity index (χ1n) is 6.03. The maximum absolute atomic E-state index is 11.9. The molecular weight excluding hydrogens is 272 g/mol. The molecule has 6 heteroatoms. The first-order valence-corrected chi connectivity index (χ1v) is 6.44. The van der Waals surface area contributed by atoms with Gasteiger partial charge >= 0.3 is 0 Å². The Kier molecular flexibility index (Phi) is 2.84. The van der Waals surface area contributed by atoms with Crippen molar-refractivity contribution < 1.29 is 4.79 Å². The van der Waals surface area contributed by atoms with Crippen LogP contribution in [0.5, 0.6) is 0 Å². The van der Waals surface area contributed by atoms with Crippen LogP contribution in [0.4, 0.5) is 0 Å². The Bertz CT molecular complexity index is 757. The summed E-state index contributed by atoms with van der Waals surface area (Å²) in [5, 5.41) is 16.3. The van der Waals surface area contributed by atoms with E-state index in [4.69, 9.17) is 12.2 Å². The number of nitrogens with one attached hydrogen (secondary N) is 1. The van der Waals surface area contributed by atoms with E-state index in [1.807, 2.05) is 43.3 Å². The molecule has 1 N–H and O–H groups in total. The maximum atomic E-state index is 11.9. The SMILES string of the molecule is Cc1nn(-c2ccccc2)c2c1C(=S)NC(=O)C2C#N. The van der Waals surface area contributed by atoms with Gasteiger partial charge < -0.3 is 5.32 Å². The van der Waals surface area contributed by atoms with Crippen molar-refractivity contribution >= 4 is 23.1 Å². The van der Waals surface area contributed by atoms with Crippen LogP contribution in [0.25, 0.3) is 5.69 Å². The predicted molar refractivity (Wildman–Crippen MR) is 76.5 cm³/mol. The highest BCUT2D eigenvalue weighted by Gasteiger charge is 2.36. The Hall–Kier alpha value is -2.52. The van der Waals surface area contributed by atoms with E-state index in [2.05, 4.69) is 10.4 Å². The number of hydrogen-bond acceptors (Lipinski definition) is 4. The zero-order valence-corrected chi connectivity index (χ0v) is 11.4. The molecule has 1 aromatic heterocycles. The van der Waals surface area contributed by atoms with Gasteiger partial charge in [-0.15, -0.1) is 0 Å². The molecule has 0 aliphatic carbocycles. The Morgan fingerprint density at radius 2 is 2.10 bits per heavy atom. The van der Waals surface area contributed by atoms with Crippen molar-refractivity contribution in [3.05, 3.63) is 47.3 Å².